The van der Waals surface area contributed by atoms with Crippen LogP contribution in [0.25, 0.3) is 0 Å². The van der Waals surface area contributed by atoms with E-state index >= 15 is 0 Å². The molecule has 1 aromatic carbocycles. The Morgan fingerprint density at radius 3 is 2.80 bits per heavy atom. The second-order valence-electron chi connectivity index (χ2n) is 7.76. The molecule has 2 aromatic rings. The Labute approximate surface area is 180 Å². The summed E-state index contributed by atoms with van der Waals surface area (Å²) in [5.74, 6) is -0.699. The molecular weight excluding hydrogens is 398 g/mol. The Balaban J connectivity index is 1.79. The molecule has 0 saturated heterocycles. The van der Waals surface area contributed by atoms with E-state index in [0.29, 0.717) is 36.3 Å². The number of dihydropyridines is 1. The molecule has 5 nitrogen and oxygen atoms in total. The Morgan fingerprint density at radius 2 is 2.10 bits per heavy atom. The first-order chi connectivity index (χ1) is 14.5. The van der Waals surface area contributed by atoms with Gasteiger partial charge < -0.3 is 15.2 Å². The van der Waals surface area contributed by atoms with Crippen LogP contribution >= 0.6 is 11.3 Å². The number of ketones is 1. The lowest BCUT2D eigenvalue weighted by atomic mass is 9.72. The van der Waals surface area contributed by atoms with Gasteiger partial charge in [-0.2, -0.15) is 0 Å². The Morgan fingerprint density at radius 1 is 1.27 bits per heavy atom. The molecule has 2 unspecified atom stereocenters. The summed E-state index contributed by atoms with van der Waals surface area (Å²) in [6, 6.07) is 10.9. The Bertz CT molecular complexity index is 1040. The van der Waals surface area contributed by atoms with Crippen LogP contribution < -0.4 is 5.32 Å². The third kappa shape index (κ3) is 3.79. The highest BCUT2D eigenvalue weighted by molar-refractivity contribution is 7.10. The number of ether oxygens (including phenoxy) is 1. The maximum Gasteiger partial charge on any atom is 0.336 e. The van der Waals surface area contributed by atoms with E-state index in [9.17, 15) is 14.7 Å². The van der Waals surface area contributed by atoms with E-state index in [1.54, 1.807) is 29.5 Å². The molecule has 4 rings (SSSR count). The van der Waals surface area contributed by atoms with Crippen molar-refractivity contribution in [2.24, 2.45) is 0 Å². The number of benzene rings is 1. The smallest absolute Gasteiger partial charge is 0.336 e. The van der Waals surface area contributed by atoms with E-state index in [2.05, 4.69) is 11.4 Å². The molecule has 2 atom stereocenters. The molecule has 0 amide bonds. The topological polar surface area (TPSA) is 75.6 Å². The number of phenolic OH excluding ortho intramolecular Hbond substituents is 1. The number of esters is 1. The van der Waals surface area contributed by atoms with Crippen molar-refractivity contribution in [2.75, 3.05) is 6.61 Å². The van der Waals surface area contributed by atoms with Gasteiger partial charge in [-0.1, -0.05) is 25.1 Å². The fraction of sp³-hybridized carbons (Fsp3) is 0.333. The molecule has 0 saturated carbocycles. The SMILES string of the molecule is CCCOC(=O)C1=C(C)NC2=C(C(=O)CC(c3cccs3)C2)C1c1cccc(O)c1. The van der Waals surface area contributed by atoms with Crippen molar-refractivity contribution in [3.8, 4) is 5.75 Å². The zero-order valence-corrected chi connectivity index (χ0v) is 17.9. The van der Waals surface area contributed by atoms with Crippen LogP contribution in [0.5, 0.6) is 5.75 Å². The molecule has 30 heavy (non-hydrogen) atoms. The van der Waals surface area contributed by atoms with Crippen LogP contribution in [0.15, 0.2) is 64.3 Å². The average molecular weight is 424 g/mol. The standard InChI is InChI=1S/C24H25NO4S/c1-3-9-29-24(28)21-14(2)25-18-12-16(20-8-5-10-30-20)13-19(27)23(18)22(21)15-6-4-7-17(26)11-15/h4-8,10-11,16,22,25-26H,3,9,12-13H2,1-2H3. The Kier molecular flexibility index (Phi) is 5.77. The third-order valence-corrected chi connectivity index (χ3v) is 6.67. The lowest BCUT2D eigenvalue weighted by Crippen LogP contribution is -2.36. The first-order valence-corrected chi connectivity index (χ1v) is 11.1. The highest BCUT2D eigenvalue weighted by atomic mass is 32.1. The number of carbonyl (C=O) groups is 2. The zero-order valence-electron chi connectivity index (χ0n) is 17.1. The molecule has 0 radical (unpaired) electrons. The van der Waals surface area contributed by atoms with Crippen molar-refractivity contribution in [3.05, 3.63) is 74.8 Å². The average Bonchev–Trinajstić information content (AvgIpc) is 3.25. The number of Topliss-reactive ketones (excluding diaryl/α,β-unsaturated/α-hetero) is 1. The first-order valence-electron chi connectivity index (χ1n) is 10.2. The predicted octanol–water partition coefficient (Wildman–Crippen LogP) is 4.77. The summed E-state index contributed by atoms with van der Waals surface area (Å²) in [5, 5.41) is 15.4. The third-order valence-electron chi connectivity index (χ3n) is 5.63. The summed E-state index contributed by atoms with van der Waals surface area (Å²) < 4.78 is 5.45. The summed E-state index contributed by atoms with van der Waals surface area (Å²) in [7, 11) is 0. The molecule has 0 bridgehead atoms. The predicted molar refractivity (Wildman–Crippen MR) is 116 cm³/mol. The van der Waals surface area contributed by atoms with Crippen LogP contribution in [0, 0.1) is 0 Å². The largest absolute Gasteiger partial charge is 0.508 e. The molecule has 1 aromatic heterocycles. The molecule has 1 aliphatic heterocycles. The van der Waals surface area contributed by atoms with Gasteiger partial charge in [-0.05, 0) is 48.9 Å². The van der Waals surface area contributed by atoms with E-state index in [0.717, 1.165) is 17.7 Å². The van der Waals surface area contributed by atoms with Crippen LogP contribution in [0.4, 0.5) is 0 Å². The minimum absolute atomic E-state index is 0.0313. The number of hydrogen-bond donors (Lipinski definition) is 2. The van der Waals surface area contributed by atoms with E-state index < -0.39 is 11.9 Å². The van der Waals surface area contributed by atoms with Gasteiger partial charge in [-0.3, -0.25) is 4.79 Å². The molecule has 2 heterocycles. The highest BCUT2D eigenvalue weighted by Crippen LogP contribution is 2.46. The summed E-state index contributed by atoms with van der Waals surface area (Å²) in [5.41, 5.74) is 3.33. The normalized spacial score (nSPS) is 21.3. The van der Waals surface area contributed by atoms with Crippen LogP contribution in [-0.4, -0.2) is 23.5 Å². The first kappa shape index (κ1) is 20.4. The minimum Gasteiger partial charge on any atom is -0.508 e. The summed E-state index contributed by atoms with van der Waals surface area (Å²) in [4.78, 5) is 27.5. The number of thiophene rings is 1. The van der Waals surface area contributed by atoms with Gasteiger partial charge in [0.05, 0.1) is 12.2 Å². The summed E-state index contributed by atoms with van der Waals surface area (Å²) >= 11 is 1.66. The highest BCUT2D eigenvalue weighted by Gasteiger charge is 2.41. The Hall–Kier alpha value is -2.86. The van der Waals surface area contributed by atoms with Gasteiger partial charge in [0.2, 0.25) is 0 Å². The van der Waals surface area contributed by atoms with Crippen LogP contribution in [-0.2, 0) is 14.3 Å². The molecule has 2 N–H and O–H groups in total. The van der Waals surface area contributed by atoms with Gasteiger partial charge in [0.25, 0.3) is 0 Å². The fourth-order valence-corrected chi connectivity index (χ4v) is 5.18. The van der Waals surface area contributed by atoms with Gasteiger partial charge in [0, 0.05) is 40.1 Å². The van der Waals surface area contributed by atoms with Gasteiger partial charge in [0.15, 0.2) is 5.78 Å². The van der Waals surface area contributed by atoms with Crippen LogP contribution in [0.2, 0.25) is 0 Å². The second-order valence-corrected chi connectivity index (χ2v) is 8.74. The van der Waals surface area contributed by atoms with E-state index in [-0.39, 0.29) is 17.5 Å². The van der Waals surface area contributed by atoms with Crippen LogP contribution in [0.1, 0.15) is 55.4 Å². The molecule has 2 aliphatic rings. The minimum atomic E-state index is -0.547. The lowest BCUT2D eigenvalue weighted by Gasteiger charge is -2.36. The number of hydrogen-bond acceptors (Lipinski definition) is 6. The number of aromatic hydroxyl groups is 1. The number of carbonyl (C=O) groups excluding carboxylic acids is 2. The van der Waals surface area contributed by atoms with Crippen molar-refractivity contribution in [1.82, 2.24) is 5.32 Å². The molecule has 0 fully saturated rings. The maximum atomic E-state index is 13.4. The van der Waals surface area contributed by atoms with Crippen molar-refractivity contribution >= 4 is 23.1 Å². The van der Waals surface area contributed by atoms with E-state index in [4.69, 9.17) is 4.74 Å². The number of phenols is 1. The fourth-order valence-electron chi connectivity index (χ4n) is 4.34. The van der Waals surface area contributed by atoms with Crippen molar-refractivity contribution in [1.29, 1.82) is 0 Å². The lowest BCUT2D eigenvalue weighted by molar-refractivity contribution is -0.139. The van der Waals surface area contributed by atoms with Gasteiger partial charge >= 0.3 is 5.97 Å². The molecule has 6 heteroatoms. The van der Waals surface area contributed by atoms with Crippen LogP contribution in [0.3, 0.4) is 0 Å². The molecule has 1 aliphatic carbocycles. The van der Waals surface area contributed by atoms with Gasteiger partial charge in [0.1, 0.15) is 5.75 Å². The quantitative estimate of drug-likeness (QED) is 0.678. The van der Waals surface area contributed by atoms with E-state index in [1.165, 1.54) is 4.88 Å². The molecule has 156 valence electrons. The van der Waals surface area contributed by atoms with Gasteiger partial charge in [-0.15, -0.1) is 11.3 Å². The molecular formula is C24H25NO4S. The number of allylic oxidation sites excluding steroid dienone is 3. The summed E-state index contributed by atoms with van der Waals surface area (Å²) in [6.07, 6.45) is 1.84. The summed E-state index contributed by atoms with van der Waals surface area (Å²) in [6.45, 7) is 4.11. The number of rotatable bonds is 5. The zero-order chi connectivity index (χ0) is 21.3. The molecule has 0 spiro atoms. The second kappa shape index (κ2) is 8.48. The number of nitrogens with one attached hydrogen (secondary N) is 1. The van der Waals surface area contributed by atoms with Crippen molar-refractivity contribution in [2.45, 2.75) is 44.9 Å². The van der Waals surface area contributed by atoms with Crippen molar-refractivity contribution < 1.29 is 19.4 Å². The monoisotopic (exact) mass is 423 g/mol. The van der Waals surface area contributed by atoms with E-state index in [1.807, 2.05) is 31.4 Å². The maximum absolute atomic E-state index is 13.4. The van der Waals surface area contributed by atoms with Crippen molar-refractivity contribution in [3.63, 3.8) is 0 Å². The van der Waals surface area contributed by atoms with Gasteiger partial charge in [-0.25, -0.2) is 4.79 Å².